The molecule has 15 heteroatoms. The van der Waals surface area contributed by atoms with Crippen molar-refractivity contribution in [2.45, 2.75) is 172 Å². The van der Waals surface area contributed by atoms with Crippen LogP contribution in [-0.2, 0) is 39.2 Å². The first-order chi connectivity index (χ1) is 30.6. The number of nitriles is 1. The molecule has 13 nitrogen and oxygen atoms in total. The molecule has 0 radical (unpaired) electrons. The zero-order valence-electron chi connectivity index (χ0n) is 37.3. The average molecular weight is 909 g/mol. The van der Waals surface area contributed by atoms with Gasteiger partial charge in [-0.3, -0.25) is 9.05 Å². The van der Waals surface area contributed by atoms with E-state index < -0.39 is 50.2 Å². The molecule has 0 spiro atoms. The van der Waals surface area contributed by atoms with E-state index in [4.69, 9.17) is 49.9 Å². The molecule has 0 amide bonds. The molecule has 2 saturated heterocycles. The Morgan fingerprint density at radius 2 is 1.48 bits per heavy atom. The normalized spacial score (nSPS) is 21.9. The SMILES string of the molecule is CCCCCCCCCCCCCCCCCC[C@@H](COP(=O)(OC[C@@]1(C#N)O[C@@H](c2ccc3c(N)ncnn23)C2OC(C)(C)OC21)Oc1ccccc1Cl)OCc1ccccc1. The van der Waals surface area contributed by atoms with Crippen LogP contribution in [0.1, 0.15) is 147 Å². The van der Waals surface area contributed by atoms with E-state index in [1.54, 1.807) is 54.8 Å². The number of benzene rings is 2. The molecule has 6 atom stereocenters. The van der Waals surface area contributed by atoms with Crippen LogP contribution in [0.3, 0.4) is 0 Å². The highest BCUT2D eigenvalue weighted by Gasteiger charge is 2.65. The van der Waals surface area contributed by atoms with Gasteiger partial charge in [0.25, 0.3) is 0 Å². The third-order valence-corrected chi connectivity index (χ3v) is 13.5. The summed E-state index contributed by atoms with van der Waals surface area (Å²) in [7, 11) is -4.53. The molecule has 6 rings (SSSR count). The van der Waals surface area contributed by atoms with Crippen molar-refractivity contribution in [1.82, 2.24) is 14.6 Å². The first-order valence-corrected chi connectivity index (χ1v) is 24.9. The highest BCUT2D eigenvalue weighted by Crippen LogP contribution is 2.55. The molecule has 2 aliphatic heterocycles. The lowest BCUT2D eigenvalue weighted by atomic mass is 9.96. The Balaban J connectivity index is 1.08. The van der Waals surface area contributed by atoms with Gasteiger partial charge >= 0.3 is 7.82 Å². The van der Waals surface area contributed by atoms with E-state index in [1.165, 1.54) is 89.8 Å². The summed E-state index contributed by atoms with van der Waals surface area (Å²) < 4.78 is 60.3. The summed E-state index contributed by atoms with van der Waals surface area (Å²) >= 11 is 6.50. The number of para-hydroxylation sites is 1. The molecule has 3 unspecified atom stereocenters. The second kappa shape index (κ2) is 24.1. The molecular formula is C48H67ClN5O8P. The van der Waals surface area contributed by atoms with Crippen molar-refractivity contribution in [3.05, 3.63) is 89.3 Å². The predicted molar refractivity (Wildman–Crippen MR) is 244 cm³/mol. The van der Waals surface area contributed by atoms with Crippen molar-refractivity contribution in [3.63, 3.8) is 0 Å². The fraction of sp³-hybridized carbons (Fsp3) is 0.604. The van der Waals surface area contributed by atoms with Crippen molar-refractivity contribution in [3.8, 4) is 11.8 Å². The van der Waals surface area contributed by atoms with Crippen molar-refractivity contribution in [2.24, 2.45) is 0 Å². The van der Waals surface area contributed by atoms with Crippen LogP contribution in [0.2, 0.25) is 5.02 Å². The van der Waals surface area contributed by atoms with Crippen molar-refractivity contribution >= 4 is 30.8 Å². The van der Waals surface area contributed by atoms with Crippen LogP contribution >= 0.6 is 19.4 Å². The Bertz CT molecular complexity index is 2080. The van der Waals surface area contributed by atoms with E-state index in [9.17, 15) is 9.83 Å². The molecule has 4 heterocycles. The molecule has 344 valence electrons. The van der Waals surface area contributed by atoms with E-state index in [2.05, 4.69) is 23.1 Å². The van der Waals surface area contributed by atoms with E-state index in [0.29, 0.717) is 24.2 Å². The van der Waals surface area contributed by atoms with Crippen LogP contribution in [-0.4, -0.2) is 57.5 Å². The van der Waals surface area contributed by atoms with Gasteiger partial charge in [0.1, 0.15) is 48.6 Å². The summed E-state index contributed by atoms with van der Waals surface area (Å²) in [6.45, 7) is 5.46. The summed E-state index contributed by atoms with van der Waals surface area (Å²) in [4.78, 5) is 4.09. The van der Waals surface area contributed by atoms with Crippen LogP contribution in [0.5, 0.6) is 5.75 Å². The van der Waals surface area contributed by atoms with Gasteiger partial charge in [-0.25, -0.2) is 14.1 Å². The highest BCUT2D eigenvalue weighted by molar-refractivity contribution is 7.49. The number of nitrogen functional groups attached to an aromatic ring is 1. The number of fused-ring (bicyclic) bond motifs is 2. The van der Waals surface area contributed by atoms with Crippen molar-refractivity contribution < 1.29 is 37.1 Å². The Labute approximate surface area is 378 Å². The number of rotatable bonds is 29. The highest BCUT2D eigenvalue weighted by atomic mass is 35.5. The summed E-state index contributed by atoms with van der Waals surface area (Å²) in [6.07, 6.45) is 19.5. The lowest BCUT2D eigenvalue weighted by Crippen LogP contribution is -2.46. The number of phosphoric acid groups is 1. The number of nitrogens with two attached hydrogens (primary N) is 1. The van der Waals surface area contributed by atoms with E-state index in [1.807, 2.05) is 30.3 Å². The maximum Gasteiger partial charge on any atom is 0.530 e. The van der Waals surface area contributed by atoms with E-state index >= 15 is 0 Å². The minimum absolute atomic E-state index is 0.0923. The van der Waals surface area contributed by atoms with Gasteiger partial charge in [0.15, 0.2) is 11.6 Å². The first kappa shape index (κ1) is 48.9. The fourth-order valence-corrected chi connectivity index (χ4v) is 9.90. The van der Waals surface area contributed by atoms with Gasteiger partial charge in [0.2, 0.25) is 5.60 Å². The van der Waals surface area contributed by atoms with Crippen LogP contribution in [0.4, 0.5) is 5.82 Å². The minimum atomic E-state index is -4.53. The Morgan fingerprint density at radius 1 is 0.841 bits per heavy atom. The Kier molecular flexibility index (Phi) is 18.7. The van der Waals surface area contributed by atoms with Gasteiger partial charge in [0.05, 0.1) is 30.0 Å². The summed E-state index contributed by atoms with van der Waals surface area (Å²) in [5.41, 5.74) is 6.45. The molecule has 63 heavy (non-hydrogen) atoms. The number of ether oxygens (including phenoxy) is 4. The van der Waals surface area contributed by atoms with Gasteiger partial charge in [-0.15, -0.1) is 0 Å². The molecule has 0 bridgehead atoms. The average Bonchev–Trinajstić information content (AvgIpc) is 3.95. The number of phosphoric ester groups is 1. The molecule has 0 saturated carbocycles. The molecule has 2 aromatic heterocycles. The number of anilines is 1. The van der Waals surface area contributed by atoms with Crippen molar-refractivity contribution in [1.29, 1.82) is 5.26 Å². The molecule has 4 aromatic rings. The van der Waals surface area contributed by atoms with Gasteiger partial charge < -0.3 is 29.2 Å². The fourth-order valence-electron chi connectivity index (χ4n) is 8.39. The zero-order valence-corrected chi connectivity index (χ0v) is 39.0. The van der Waals surface area contributed by atoms with Gasteiger partial charge in [-0.2, -0.15) is 10.4 Å². The number of nitrogens with zero attached hydrogens (tertiary/aromatic N) is 4. The van der Waals surface area contributed by atoms with Crippen LogP contribution in [0.15, 0.2) is 73.1 Å². The lowest BCUT2D eigenvalue weighted by Gasteiger charge is -2.30. The summed E-state index contributed by atoms with van der Waals surface area (Å²) in [5, 5.41) is 15.4. The smallest absolute Gasteiger partial charge is 0.402 e. The second-order valence-electron chi connectivity index (χ2n) is 17.3. The first-order valence-electron chi connectivity index (χ1n) is 23.1. The molecular weight excluding hydrogens is 841 g/mol. The molecule has 2 fully saturated rings. The quantitative estimate of drug-likeness (QED) is 0.0406. The number of aromatic nitrogens is 3. The minimum Gasteiger partial charge on any atom is -0.402 e. The maximum atomic E-state index is 14.8. The molecule has 2 N–H and O–H groups in total. The number of halogens is 1. The Morgan fingerprint density at radius 3 is 2.13 bits per heavy atom. The summed E-state index contributed by atoms with van der Waals surface area (Å²) in [6, 6.07) is 22.3. The molecule has 0 aliphatic carbocycles. The number of hydrogen-bond acceptors (Lipinski definition) is 12. The van der Waals surface area contributed by atoms with Crippen LogP contribution < -0.4 is 10.3 Å². The zero-order chi connectivity index (χ0) is 44.5. The van der Waals surface area contributed by atoms with E-state index in [0.717, 1.165) is 24.8 Å². The van der Waals surface area contributed by atoms with E-state index in [-0.39, 0.29) is 23.2 Å². The third-order valence-electron chi connectivity index (χ3n) is 11.8. The number of hydrogen-bond donors (Lipinski definition) is 1. The molecule has 2 aliphatic rings. The van der Waals surface area contributed by atoms with Crippen LogP contribution in [0.25, 0.3) is 5.52 Å². The third kappa shape index (κ3) is 14.0. The van der Waals surface area contributed by atoms with Crippen LogP contribution in [0, 0.1) is 11.3 Å². The van der Waals surface area contributed by atoms with Gasteiger partial charge in [0, 0.05) is 0 Å². The Hall–Kier alpha value is -3.57. The van der Waals surface area contributed by atoms with Gasteiger partial charge in [-0.05, 0) is 50.1 Å². The maximum absolute atomic E-state index is 14.8. The van der Waals surface area contributed by atoms with Crippen molar-refractivity contribution in [2.75, 3.05) is 18.9 Å². The molecule has 2 aromatic carbocycles. The topological polar surface area (TPSA) is 162 Å². The lowest BCUT2D eigenvalue weighted by molar-refractivity contribution is -0.204. The number of unbranched alkanes of at least 4 members (excludes halogenated alkanes) is 15. The second-order valence-corrected chi connectivity index (χ2v) is 19.3. The largest absolute Gasteiger partial charge is 0.530 e. The standard InChI is InChI=1S/C48H67ClN5O8P/c1-4-5-6-7-8-9-10-11-12-13-14-15-16-17-18-22-27-38(56-32-37-25-20-19-21-26-37)33-57-63(55,62-42-29-24-23-28-39(42)49)58-35-48(34-50)45-44(59-47(2,3)61-45)43(60-48)40-30-31-41-46(51)52-36-53-54(40)41/h19-21,23-26,28-31,36,38,43-45H,4-18,22,27,32-33,35H2,1-3H3,(H2,51,52,53)/t38-,43-,44?,45?,48+,63?/m0/s1. The monoisotopic (exact) mass is 907 g/mol. The summed E-state index contributed by atoms with van der Waals surface area (Å²) in [5.74, 6) is -0.708. The van der Waals surface area contributed by atoms with Gasteiger partial charge in [-0.1, -0.05) is 164 Å². The predicted octanol–water partition coefficient (Wildman–Crippen LogP) is 12.3.